The molecule has 0 spiro atoms. The van der Waals surface area contributed by atoms with Crippen molar-refractivity contribution in [2.45, 2.75) is 26.8 Å². The van der Waals surface area contributed by atoms with Crippen molar-refractivity contribution >= 4 is 33.1 Å². The van der Waals surface area contributed by atoms with E-state index in [2.05, 4.69) is 23.4 Å². The molecular weight excluding hydrogens is 394 g/mol. The number of nitrogens with zero attached hydrogens (tertiary/aromatic N) is 4. The third-order valence-electron chi connectivity index (χ3n) is 5.28. The van der Waals surface area contributed by atoms with E-state index in [0.29, 0.717) is 0 Å². The summed E-state index contributed by atoms with van der Waals surface area (Å²) < 4.78 is 3.02. The molecule has 0 saturated carbocycles. The van der Waals surface area contributed by atoms with Crippen molar-refractivity contribution in [3.8, 4) is 5.69 Å². The van der Waals surface area contributed by atoms with Crippen LogP contribution in [0.15, 0.2) is 54.6 Å². The van der Waals surface area contributed by atoms with Crippen LogP contribution in [-0.2, 0) is 4.79 Å². The number of aryl methyl sites for hydroxylation is 1. The Balaban J connectivity index is 1.46. The van der Waals surface area contributed by atoms with E-state index in [1.807, 2.05) is 79.0 Å². The van der Waals surface area contributed by atoms with Crippen LogP contribution in [0.25, 0.3) is 15.9 Å². The number of carbonyl (C=O) groups excluding carboxylic acids is 1. The molecule has 1 N–H and O–H groups in total. The molecular formula is C23H25N5OS. The van der Waals surface area contributed by atoms with Crippen molar-refractivity contribution in [2.75, 3.05) is 18.9 Å². The number of benzene rings is 2. The summed E-state index contributed by atoms with van der Waals surface area (Å²) in [5.41, 5.74) is 4.45. The van der Waals surface area contributed by atoms with E-state index in [-0.39, 0.29) is 18.5 Å². The molecule has 0 unspecified atom stereocenters. The van der Waals surface area contributed by atoms with Crippen LogP contribution in [0.5, 0.6) is 0 Å². The number of carbonyl (C=O) groups is 1. The van der Waals surface area contributed by atoms with E-state index < -0.39 is 0 Å². The van der Waals surface area contributed by atoms with E-state index in [1.165, 1.54) is 0 Å². The van der Waals surface area contributed by atoms with Gasteiger partial charge in [-0.15, -0.1) is 11.3 Å². The first-order valence-electron chi connectivity index (χ1n) is 9.91. The Bertz CT molecular complexity index is 1150. The number of hydrogen-bond donors (Lipinski definition) is 1. The maximum Gasteiger partial charge on any atom is 0.238 e. The highest BCUT2D eigenvalue weighted by Crippen LogP contribution is 2.29. The van der Waals surface area contributed by atoms with Gasteiger partial charge in [0.05, 0.1) is 45.6 Å². The highest BCUT2D eigenvalue weighted by molar-refractivity contribution is 7.18. The van der Waals surface area contributed by atoms with E-state index >= 15 is 0 Å². The average Bonchev–Trinajstić information content (AvgIpc) is 3.30. The summed E-state index contributed by atoms with van der Waals surface area (Å²) in [5.74, 6) is -0.0655. The lowest BCUT2D eigenvalue weighted by atomic mass is 10.2. The van der Waals surface area contributed by atoms with Gasteiger partial charge in [-0.05, 0) is 52.1 Å². The molecule has 2 aromatic heterocycles. The Morgan fingerprint density at radius 1 is 1.13 bits per heavy atom. The SMILES string of the molecule is Cc1nn(-c2ccccc2)c(C)c1NC(=O)CN(C)[C@@H](C)c1nc2ccccc2s1. The Labute approximate surface area is 180 Å². The van der Waals surface area contributed by atoms with Crippen LogP contribution in [0, 0.1) is 13.8 Å². The first-order chi connectivity index (χ1) is 14.4. The minimum absolute atomic E-state index is 0.0439. The molecule has 0 aliphatic heterocycles. The quantitative estimate of drug-likeness (QED) is 0.491. The Kier molecular flexibility index (Phi) is 5.65. The molecule has 0 radical (unpaired) electrons. The molecule has 30 heavy (non-hydrogen) atoms. The fourth-order valence-electron chi connectivity index (χ4n) is 3.44. The van der Waals surface area contributed by atoms with Crippen LogP contribution in [0.3, 0.4) is 0 Å². The Hall–Kier alpha value is -3.03. The number of fused-ring (bicyclic) bond motifs is 1. The molecule has 0 fully saturated rings. The van der Waals surface area contributed by atoms with Crippen molar-refractivity contribution < 1.29 is 4.79 Å². The minimum Gasteiger partial charge on any atom is -0.322 e. The number of thiazole rings is 1. The largest absolute Gasteiger partial charge is 0.322 e. The van der Waals surface area contributed by atoms with Gasteiger partial charge in [-0.3, -0.25) is 9.69 Å². The monoisotopic (exact) mass is 419 g/mol. The maximum atomic E-state index is 12.8. The molecule has 6 nitrogen and oxygen atoms in total. The second kappa shape index (κ2) is 8.38. The number of amides is 1. The molecule has 0 aliphatic rings. The van der Waals surface area contributed by atoms with Gasteiger partial charge in [-0.2, -0.15) is 5.10 Å². The molecule has 154 valence electrons. The van der Waals surface area contributed by atoms with Crippen LogP contribution in [0.2, 0.25) is 0 Å². The van der Waals surface area contributed by atoms with Crippen molar-refractivity contribution in [3.63, 3.8) is 0 Å². The number of anilines is 1. The Morgan fingerprint density at radius 3 is 2.57 bits per heavy atom. The molecule has 0 bridgehead atoms. The van der Waals surface area contributed by atoms with Gasteiger partial charge in [-0.25, -0.2) is 9.67 Å². The summed E-state index contributed by atoms with van der Waals surface area (Å²) in [6, 6.07) is 18.1. The van der Waals surface area contributed by atoms with Crippen LogP contribution >= 0.6 is 11.3 Å². The van der Waals surface area contributed by atoms with Gasteiger partial charge >= 0.3 is 0 Å². The molecule has 7 heteroatoms. The smallest absolute Gasteiger partial charge is 0.238 e. The highest BCUT2D eigenvalue weighted by atomic mass is 32.1. The van der Waals surface area contributed by atoms with Crippen molar-refractivity contribution in [2.24, 2.45) is 0 Å². The number of hydrogen-bond acceptors (Lipinski definition) is 5. The number of nitrogens with one attached hydrogen (secondary N) is 1. The molecule has 2 aromatic carbocycles. The first kappa shape index (κ1) is 20.3. The zero-order valence-corrected chi connectivity index (χ0v) is 18.4. The van der Waals surface area contributed by atoms with E-state index in [4.69, 9.17) is 4.98 Å². The lowest BCUT2D eigenvalue weighted by Crippen LogP contribution is -2.32. The second-order valence-corrected chi connectivity index (χ2v) is 8.51. The molecule has 0 aliphatic carbocycles. The number of rotatable bonds is 6. The molecule has 4 rings (SSSR count). The van der Waals surface area contributed by atoms with Gasteiger partial charge in [0.1, 0.15) is 5.01 Å². The predicted molar refractivity (Wildman–Crippen MR) is 122 cm³/mol. The van der Waals surface area contributed by atoms with Crippen molar-refractivity contribution in [1.29, 1.82) is 0 Å². The van der Waals surface area contributed by atoms with Crippen LogP contribution in [-0.4, -0.2) is 39.2 Å². The lowest BCUT2D eigenvalue weighted by Gasteiger charge is -2.22. The van der Waals surface area contributed by atoms with Crippen LogP contribution in [0.4, 0.5) is 5.69 Å². The molecule has 2 heterocycles. The summed E-state index contributed by atoms with van der Waals surface area (Å²) in [7, 11) is 1.95. The van der Waals surface area contributed by atoms with Crippen molar-refractivity contribution in [3.05, 3.63) is 71.0 Å². The van der Waals surface area contributed by atoms with Gasteiger partial charge in [0, 0.05) is 0 Å². The van der Waals surface area contributed by atoms with Crippen molar-refractivity contribution in [1.82, 2.24) is 19.7 Å². The first-order valence-corrected chi connectivity index (χ1v) is 10.7. The summed E-state index contributed by atoms with van der Waals surface area (Å²) in [6.45, 7) is 6.23. The van der Waals surface area contributed by atoms with Gasteiger partial charge in [0.25, 0.3) is 0 Å². The zero-order valence-electron chi connectivity index (χ0n) is 17.6. The maximum absolute atomic E-state index is 12.8. The normalized spacial score (nSPS) is 12.4. The Morgan fingerprint density at radius 2 is 1.83 bits per heavy atom. The second-order valence-electron chi connectivity index (χ2n) is 7.45. The third-order valence-corrected chi connectivity index (χ3v) is 6.49. The summed E-state index contributed by atoms with van der Waals surface area (Å²) >= 11 is 1.67. The average molecular weight is 420 g/mol. The number of para-hydroxylation sites is 2. The fraction of sp³-hybridized carbons (Fsp3) is 0.261. The lowest BCUT2D eigenvalue weighted by molar-refractivity contribution is -0.117. The zero-order chi connectivity index (χ0) is 21.3. The summed E-state index contributed by atoms with van der Waals surface area (Å²) in [4.78, 5) is 19.5. The van der Waals surface area contributed by atoms with Gasteiger partial charge in [0.15, 0.2) is 0 Å². The summed E-state index contributed by atoms with van der Waals surface area (Å²) in [5, 5.41) is 8.66. The molecule has 1 amide bonds. The van der Waals surface area contributed by atoms with E-state index in [0.717, 1.165) is 38.0 Å². The number of likely N-dealkylation sites (N-methyl/N-ethyl adjacent to an activating group) is 1. The number of aromatic nitrogens is 3. The van der Waals surface area contributed by atoms with E-state index in [1.54, 1.807) is 11.3 Å². The van der Waals surface area contributed by atoms with Gasteiger partial charge < -0.3 is 5.32 Å². The predicted octanol–water partition coefficient (Wildman–Crippen LogP) is 4.73. The molecule has 1 atom stereocenters. The van der Waals surface area contributed by atoms with Gasteiger partial charge in [-0.1, -0.05) is 30.3 Å². The molecule has 0 saturated heterocycles. The summed E-state index contributed by atoms with van der Waals surface area (Å²) in [6.07, 6.45) is 0. The van der Waals surface area contributed by atoms with Crippen LogP contribution in [0.1, 0.15) is 29.4 Å². The minimum atomic E-state index is -0.0655. The highest BCUT2D eigenvalue weighted by Gasteiger charge is 2.20. The third kappa shape index (κ3) is 3.99. The standard InChI is InChI=1S/C23H25N5OS/c1-15-22(16(2)28(26-15)18-10-6-5-7-11-18)25-21(29)14-27(4)17(3)23-24-19-12-8-9-13-20(19)30-23/h5-13,17H,14H2,1-4H3,(H,25,29)/t17-/m0/s1. The topological polar surface area (TPSA) is 63.1 Å². The van der Waals surface area contributed by atoms with E-state index in [9.17, 15) is 4.79 Å². The fourth-order valence-corrected chi connectivity index (χ4v) is 4.53. The van der Waals surface area contributed by atoms with Gasteiger partial charge in [0.2, 0.25) is 5.91 Å². The van der Waals surface area contributed by atoms with Crippen LogP contribution < -0.4 is 5.32 Å². The molecule has 4 aromatic rings.